The SMILES string of the molecule is CCN(CC1CCC1)C1C(C)CC(C)CC1N. The van der Waals surface area contributed by atoms with Crippen LogP contribution in [-0.2, 0) is 0 Å². The summed E-state index contributed by atoms with van der Waals surface area (Å²) >= 11 is 0. The van der Waals surface area contributed by atoms with E-state index in [-0.39, 0.29) is 0 Å². The molecule has 100 valence electrons. The van der Waals surface area contributed by atoms with Crippen LogP contribution in [0.4, 0.5) is 0 Å². The number of nitrogens with zero attached hydrogens (tertiary/aromatic N) is 1. The zero-order valence-corrected chi connectivity index (χ0v) is 11.9. The van der Waals surface area contributed by atoms with Crippen LogP contribution in [-0.4, -0.2) is 30.1 Å². The first-order valence-corrected chi connectivity index (χ1v) is 7.61. The number of hydrogen-bond donors (Lipinski definition) is 1. The minimum atomic E-state index is 0.397. The van der Waals surface area contributed by atoms with Crippen LogP contribution in [0, 0.1) is 17.8 Å². The summed E-state index contributed by atoms with van der Waals surface area (Å²) in [6, 6.07) is 1.03. The van der Waals surface area contributed by atoms with E-state index in [0.29, 0.717) is 12.1 Å². The summed E-state index contributed by atoms with van der Waals surface area (Å²) in [5, 5.41) is 0. The molecule has 2 fully saturated rings. The van der Waals surface area contributed by atoms with Gasteiger partial charge in [0.1, 0.15) is 0 Å². The van der Waals surface area contributed by atoms with Gasteiger partial charge in [-0.2, -0.15) is 0 Å². The highest BCUT2D eigenvalue weighted by molar-refractivity contribution is 4.93. The van der Waals surface area contributed by atoms with Crippen molar-refractivity contribution in [3.8, 4) is 0 Å². The lowest BCUT2D eigenvalue weighted by Gasteiger charge is -2.46. The van der Waals surface area contributed by atoms with Crippen molar-refractivity contribution in [3.63, 3.8) is 0 Å². The highest BCUT2D eigenvalue weighted by Crippen LogP contribution is 2.34. The molecule has 2 nitrogen and oxygen atoms in total. The van der Waals surface area contributed by atoms with Crippen molar-refractivity contribution in [3.05, 3.63) is 0 Å². The largest absolute Gasteiger partial charge is 0.326 e. The fourth-order valence-corrected chi connectivity index (χ4v) is 4.00. The Labute approximate surface area is 107 Å². The van der Waals surface area contributed by atoms with Crippen LogP contribution in [0.2, 0.25) is 0 Å². The molecule has 0 radical (unpaired) electrons. The molecule has 2 saturated carbocycles. The van der Waals surface area contributed by atoms with E-state index in [1.165, 1.54) is 45.2 Å². The molecule has 17 heavy (non-hydrogen) atoms. The maximum absolute atomic E-state index is 6.43. The monoisotopic (exact) mass is 238 g/mol. The van der Waals surface area contributed by atoms with Crippen LogP contribution in [0.25, 0.3) is 0 Å². The van der Waals surface area contributed by atoms with Crippen molar-refractivity contribution < 1.29 is 0 Å². The first-order valence-electron chi connectivity index (χ1n) is 7.61. The van der Waals surface area contributed by atoms with Gasteiger partial charge in [0.2, 0.25) is 0 Å². The Bertz CT molecular complexity index is 225. The smallest absolute Gasteiger partial charge is 0.0272 e. The van der Waals surface area contributed by atoms with Crippen molar-refractivity contribution in [1.82, 2.24) is 4.90 Å². The third-order valence-electron chi connectivity index (χ3n) is 5.02. The minimum Gasteiger partial charge on any atom is -0.326 e. The second-order valence-electron chi connectivity index (χ2n) is 6.59. The minimum absolute atomic E-state index is 0.397. The number of rotatable bonds is 4. The van der Waals surface area contributed by atoms with E-state index >= 15 is 0 Å². The lowest BCUT2D eigenvalue weighted by atomic mass is 9.75. The van der Waals surface area contributed by atoms with Gasteiger partial charge in [0.25, 0.3) is 0 Å². The maximum atomic E-state index is 6.43. The molecular weight excluding hydrogens is 208 g/mol. The average Bonchev–Trinajstić information content (AvgIpc) is 2.18. The van der Waals surface area contributed by atoms with Crippen LogP contribution in [0.1, 0.15) is 52.9 Å². The Kier molecular flexibility index (Phi) is 4.48. The lowest BCUT2D eigenvalue weighted by molar-refractivity contribution is 0.0542. The number of hydrogen-bond acceptors (Lipinski definition) is 2. The third kappa shape index (κ3) is 3.03. The topological polar surface area (TPSA) is 29.3 Å². The van der Waals surface area contributed by atoms with E-state index in [9.17, 15) is 0 Å². The second-order valence-corrected chi connectivity index (χ2v) is 6.59. The van der Waals surface area contributed by atoms with Crippen LogP contribution in [0.5, 0.6) is 0 Å². The average molecular weight is 238 g/mol. The molecule has 0 spiro atoms. The van der Waals surface area contributed by atoms with E-state index < -0.39 is 0 Å². The molecule has 4 unspecified atom stereocenters. The molecule has 4 atom stereocenters. The summed E-state index contributed by atoms with van der Waals surface area (Å²) in [5.41, 5.74) is 6.43. The summed E-state index contributed by atoms with van der Waals surface area (Å²) in [4.78, 5) is 2.69. The van der Waals surface area contributed by atoms with Crippen molar-refractivity contribution in [2.45, 2.75) is 65.0 Å². The van der Waals surface area contributed by atoms with Gasteiger partial charge in [-0.1, -0.05) is 27.2 Å². The Hall–Kier alpha value is -0.0800. The predicted molar refractivity (Wildman–Crippen MR) is 73.9 cm³/mol. The summed E-state index contributed by atoms with van der Waals surface area (Å²) in [6.07, 6.45) is 6.92. The van der Waals surface area contributed by atoms with Crippen molar-refractivity contribution in [2.24, 2.45) is 23.5 Å². The van der Waals surface area contributed by atoms with Crippen molar-refractivity contribution in [1.29, 1.82) is 0 Å². The zero-order chi connectivity index (χ0) is 12.4. The van der Waals surface area contributed by atoms with Crippen LogP contribution in [0.3, 0.4) is 0 Å². The fraction of sp³-hybridized carbons (Fsp3) is 1.00. The Morgan fingerprint density at radius 1 is 1.18 bits per heavy atom. The molecule has 2 aliphatic rings. The normalized spacial score (nSPS) is 39.4. The van der Waals surface area contributed by atoms with Gasteiger partial charge in [-0.15, -0.1) is 0 Å². The van der Waals surface area contributed by atoms with Gasteiger partial charge in [0, 0.05) is 18.6 Å². The van der Waals surface area contributed by atoms with Gasteiger partial charge in [-0.05, 0) is 50.0 Å². The first-order chi connectivity index (χ1) is 8.11. The molecule has 0 heterocycles. The Balaban J connectivity index is 1.95. The second kappa shape index (κ2) is 5.71. The Morgan fingerprint density at radius 2 is 1.88 bits per heavy atom. The summed E-state index contributed by atoms with van der Waals surface area (Å²) in [5.74, 6) is 2.56. The maximum Gasteiger partial charge on any atom is 0.0272 e. The van der Waals surface area contributed by atoms with E-state index in [4.69, 9.17) is 5.73 Å². The lowest BCUT2D eigenvalue weighted by Crippen LogP contribution is -2.56. The van der Waals surface area contributed by atoms with E-state index in [1.54, 1.807) is 0 Å². The molecule has 0 aliphatic heterocycles. The zero-order valence-electron chi connectivity index (χ0n) is 11.9. The van der Waals surface area contributed by atoms with Crippen LogP contribution < -0.4 is 5.73 Å². The number of nitrogens with two attached hydrogens (primary N) is 1. The molecule has 0 aromatic heterocycles. The van der Waals surface area contributed by atoms with E-state index in [2.05, 4.69) is 25.7 Å². The van der Waals surface area contributed by atoms with Gasteiger partial charge in [-0.3, -0.25) is 4.90 Å². The molecule has 2 heteroatoms. The van der Waals surface area contributed by atoms with Gasteiger partial charge in [0.05, 0.1) is 0 Å². The van der Waals surface area contributed by atoms with Crippen molar-refractivity contribution in [2.75, 3.05) is 13.1 Å². The van der Waals surface area contributed by atoms with Crippen molar-refractivity contribution >= 4 is 0 Å². The number of likely N-dealkylation sites (N-methyl/N-ethyl adjacent to an activating group) is 1. The molecule has 0 aromatic rings. The van der Waals surface area contributed by atoms with Gasteiger partial charge in [0.15, 0.2) is 0 Å². The summed E-state index contributed by atoms with van der Waals surface area (Å²) in [7, 11) is 0. The van der Waals surface area contributed by atoms with Crippen LogP contribution >= 0.6 is 0 Å². The van der Waals surface area contributed by atoms with Crippen LogP contribution in [0.15, 0.2) is 0 Å². The summed E-state index contributed by atoms with van der Waals surface area (Å²) in [6.45, 7) is 9.54. The fourth-order valence-electron chi connectivity index (χ4n) is 4.00. The first kappa shape index (κ1) is 13.4. The predicted octanol–water partition coefficient (Wildman–Crippen LogP) is 2.87. The molecule has 2 N–H and O–H groups in total. The molecule has 0 aromatic carbocycles. The quantitative estimate of drug-likeness (QED) is 0.816. The van der Waals surface area contributed by atoms with E-state index in [1.807, 2.05) is 0 Å². The van der Waals surface area contributed by atoms with Gasteiger partial charge in [-0.25, -0.2) is 0 Å². The summed E-state index contributed by atoms with van der Waals surface area (Å²) < 4.78 is 0. The van der Waals surface area contributed by atoms with Gasteiger partial charge < -0.3 is 5.73 Å². The highest BCUT2D eigenvalue weighted by atomic mass is 15.2. The molecular formula is C15H30N2. The standard InChI is InChI=1S/C15H30N2/c1-4-17(10-13-6-5-7-13)15-12(3)8-11(2)9-14(15)16/h11-15H,4-10,16H2,1-3H3. The van der Waals surface area contributed by atoms with E-state index in [0.717, 1.165) is 17.8 Å². The highest BCUT2D eigenvalue weighted by Gasteiger charge is 2.36. The molecule has 0 bridgehead atoms. The third-order valence-corrected chi connectivity index (χ3v) is 5.02. The molecule has 0 saturated heterocycles. The molecule has 0 amide bonds. The molecule has 2 aliphatic carbocycles. The van der Waals surface area contributed by atoms with Gasteiger partial charge >= 0.3 is 0 Å². The Morgan fingerprint density at radius 3 is 2.35 bits per heavy atom. The molecule has 2 rings (SSSR count).